The zero-order chi connectivity index (χ0) is 17.4. The lowest BCUT2D eigenvalue weighted by molar-refractivity contribution is 0.0944. The van der Waals surface area contributed by atoms with E-state index in [9.17, 15) is 14.7 Å². The zero-order valence-electron chi connectivity index (χ0n) is 12.9. The smallest absolute Gasteiger partial charge is 0.278 e. The van der Waals surface area contributed by atoms with E-state index >= 15 is 0 Å². The van der Waals surface area contributed by atoms with Gasteiger partial charge in [-0.3, -0.25) is 9.59 Å². The third-order valence-corrected chi connectivity index (χ3v) is 3.82. The van der Waals surface area contributed by atoms with Crippen molar-refractivity contribution in [3.8, 4) is 17.2 Å². The second-order valence-corrected chi connectivity index (χ2v) is 5.39. The van der Waals surface area contributed by atoms with Crippen LogP contribution in [0.25, 0.3) is 0 Å². The lowest BCUT2D eigenvalue weighted by Crippen LogP contribution is -2.12. The molecule has 7 heteroatoms. The molecule has 25 heavy (non-hydrogen) atoms. The number of phenolic OH excluding ortho intramolecular Hbond substituents is 1. The van der Waals surface area contributed by atoms with Gasteiger partial charge in [0.05, 0.1) is 17.3 Å². The Bertz CT molecular complexity index is 993. The van der Waals surface area contributed by atoms with Gasteiger partial charge >= 0.3 is 0 Å². The predicted octanol–water partition coefficient (Wildman–Crippen LogP) is 2.24. The quantitative estimate of drug-likeness (QED) is 0.738. The number of para-hydroxylation sites is 1. The summed E-state index contributed by atoms with van der Waals surface area (Å²) in [5.41, 5.74) is 0.710. The zero-order valence-corrected chi connectivity index (χ0v) is 12.9. The Morgan fingerprint density at radius 2 is 1.84 bits per heavy atom. The Balaban J connectivity index is 1.62. The van der Waals surface area contributed by atoms with Crippen molar-refractivity contribution in [2.45, 2.75) is 0 Å². The predicted molar refractivity (Wildman–Crippen MR) is 86.1 cm³/mol. The van der Waals surface area contributed by atoms with E-state index in [-0.39, 0.29) is 23.7 Å². The fourth-order valence-corrected chi connectivity index (χ4v) is 2.53. The first-order chi connectivity index (χ1) is 12.1. The Kier molecular flexibility index (Phi) is 3.46. The van der Waals surface area contributed by atoms with Gasteiger partial charge in [0, 0.05) is 11.8 Å². The lowest BCUT2D eigenvalue weighted by atomic mass is 10.1. The van der Waals surface area contributed by atoms with Crippen molar-refractivity contribution in [1.82, 2.24) is 9.78 Å². The highest BCUT2D eigenvalue weighted by Gasteiger charge is 2.20. The largest absolute Gasteiger partial charge is 0.507 e. The van der Waals surface area contributed by atoms with Crippen LogP contribution in [0.15, 0.2) is 54.9 Å². The third-order valence-electron chi connectivity index (χ3n) is 3.82. The highest BCUT2D eigenvalue weighted by molar-refractivity contribution is 6.10. The van der Waals surface area contributed by atoms with Crippen LogP contribution in [0.1, 0.15) is 26.3 Å². The maximum atomic E-state index is 12.5. The van der Waals surface area contributed by atoms with Gasteiger partial charge in [0.1, 0.15) is 5.75 Å². The molecule has 1 aliphatic heterocycles. The number of phenols is 1. The van der Waals surface area contributed by atoms with E-state index in [1.165, 1.54) is 24.5 Å². The average molecular weight is 336 g/mol. The molecule has 7 nitrogen and oxygen atoms in total. The molecule has 0 unspecified atom stereocenters. The van der Waals surface area contributed by atoms with E-state index in [0.29, 0.717) is 17.1 Å². The fraction of sp³-hybridized carbons (Fsp3) is 0.0556. The minimum atomic E-state index is -0.414. The fourth-order valence-electron chi connectivity index (χ4n) is 2.53. The SMILES string of the molecule is O=C(c1cnn(C(=O)c2ccc3c(c2)OCO3)c1)c1ccccc1O. The van der Waals surface area contributed by atoms with Crippen LogP contribution in [0, 0.1) is 0 Å². The molecule has 1 aliphatic rings. The Labute approximate surface area is 142 Å². The Hall–Kier alpha value is -3.61. The topological polar surface area (TPSA) is 90.7 Å². The molecule has 2 heterocycles. The van der Waals surface area contributed by atoms with Crippen LogP contribution in [0.4, 0.5) is 0 Å². The first-order valence-corrected chi connectivity index (χ1v) is 7.45. The van der Waals surface area contributed by atoms with E-state index in [0.717, 1.165) is 4.68 Å². The van der Waals surface area contributed by atoms with Crippen molar-refractivity contribution >= 4 is 11.7 Å². The number of carbonyl (C=O) groups excluding carboxylic acids is 2. The molecule has 3 aromatic rings. The number of aromatic nitrogens is 2. The van der Waals surface area contributed by atoms with Crippen molar-refractivity contribution in [2.75, 3.05) is 6.79 Å². The van der Waals surface area contributed by atoms with Crippen LogP contribution in [0.3, 0.4) is 0 Å². The number of nitrogens with zero attached hydrogens (tertiary/aromatic N) is 2. The summed E-state index contributed by atoms with van der Waals surface area (Å²) in [7, 11) is 0. The monoisotopic (exact) mass is 336 g/mol. The van der Waals surface area contributed by atoms with Gasteiger partial charge in [0.2, 0.25) is 6.79 Å². The van der Waals surface area contributed by atoms with Crippen LogP contribution in [-0.2, 0) is 0 Å². The van der Waals surface area contributed by atoms with Gasteiger partial charge in [-0.25, -0.2) is 4.68 Å². The molecular weight excluding hydrogens is 324 g/mol. The van der Waals surface area contributed by atoms with Gasteiger partial charge in [0.15, 0.2) is 17.3 Å². The van der Waals surface area contributed by atoms with Crippen LogP contribution in [0.2, 0.25) is 0 Å². The molecule has 0 fully saturated rings. The summed E-state index contributed by atoms with van der Waals surface area (Å²) in [6.45, 7) is 0.119. The van der Waals surface area contributed by atoms with Crippen LogP contribution >= 0.6 is 0 Å². The van der Waals surface area contributed by atoms with E-state index in [2.05, 4.69) is 5.10 Å². The molecule has 1 N–H and O–H groups in total. The van der Waals surface area contributed by atoms with Gasteiger partial charge in [-0.05, 0) is 30.3 Å². The second-order valence-electron chi connectivity index (χ2n) is 5.39. The molecule has 4 rings (SSSR count). The van der Waals surface area contributed by atoms with E-state index in [1.54, 1.807) is 30.3 Å². The van der Waals surface area contributed by atoms with Gasteiger partial charge in [-0.2, -0.15) is 5.10 Å². The number of ketones is 1. The maximum absolute atomic E-state index is 12.5. The van der Waals surface area contributed by atoms with Crippen molar-refractivity contribution in [2.24, 2.45) is 0 Å². The maximum Gasteiger partial charge on any atom is 0.278 e. The molecule has 124 valence electrons. The summed E-state index contributed by atoms with van der Waals surface area (Å²) >= 11 is 0. The molecule has 0 saturated heterocycles. The molecule has 0 radical (unpaired) electrons. The van der Waals surface area contributed by atoms with Crippen molar-refractivity contribution in [3.63, 3.8) is 0 Å². The Morgan fingerprint density at radius 3 is 2.68 bits per heavy atom. The van der Waals surface area contributed by atoms with Gasteiger partial charge < -0.3 is 14.6 Å². The first kappa shape index (κ1) is 14.9. The van der Waals surface area contributed by atoms with Crippen molar-refractivity contribution < 1.29 is 24.2 Å². The molecule has 0 bridgehead atoms. The summed E-state index contributed by atoms with van der Waals surface area (Å²) in [6.07, 6.45) is 2.63. The number of rotatable bonds is 3. The summed E-state index contributed by atoms with van der Waals surface area (Å²) in [5, 5.41) is 13.7. The number of ether oxygens (including phenoxy) is 2. The minimum absolute atomic E-state index is 0.119. The number of aromatic hydroxyl groups is 1. The summed E-state index contributed by atoms with van der Waals surface area (Å²) < 4.78 is 11.5. The molecule has 1 aromatic heterocycles. The second kappa shape index (κ2) is 5.79. The van der Waals surface area contributed by atoms with E-state index in [4.69, 9.17) is 9.47 Å². The van der Waals surface area contributed by atoms with Crippen molar-refractivity contribution in [3.05, 3.63) is 71.5 Å². The van der Waals surface area contributed by atoms with Gasteiger partial charge in [-0.1, -0.05) is 12.1 Å². The number of benzene rings is 2. The lowest BCUT2D eigenvalue weighted by Gasteiger charge is -2.02. The summed E-state index contributed by atoms with van der Waals surface area (Å²) in [6, 6.07) is 11.0. The number of fused-ring (bicyclic) bond motifs is 1. The number of hydrogen-bond acceptors (Lipinski definition) is 6. The molecular formula is C18H12N2O5. The Morgan fingerprint density at radius 1 is 1.04 bits per heavy atom. The molecule has 0 atom stereocenters. The molecule has 0 spiro atoms. The van der Waals surface area contributed by atoms with Crippen LogP contribution in [0.5, 0.6) is 17.2 Å². The minimum Gasteiger partial charge on any atom is -0.507 e. The number of hydrogen-bond donors (Lipinski definition) is 1. The van der Waals surface area contributed by atoms with Crippen LogP contribution < -0.4 is 9.47 Å². The van der Waals surface area contributed by atoms with Crippen molar-refractivity contribution in [1.29, 1.82) is 0 Å². The molecule has 2 aromatic carbocycles. The highest BCUT2D eigenvalue weighted by atomic mass is 16.7. The van der Waals surface area contributed by atoms with Crippen LogP contribution in [-0.4, -0.2) is 33.4 Å². The van der Waals surface area contributed by atoms with Gasteiger partial charge in [-0.15, -0.1) is 0 Å². The van der Waals surface area contributed by atoms with E-state index in [1.807, 2.05) is 0 Å². The normalized spacial score (nSPS) is 12.2. The molecule has 0 amide bonds. The third kappa shape index (κ3) is 2.61. The highest BCUT2D eigenvalue weighted by Crippen LogP contribution is 2.32. The standard InChI is InChI=1S/C18H12N2O5/c21-14-4-2-1-3-13(14)17(22)12-8-19-20(9-12)18(23)11-5-6-15-16(7-11)25-10-24-15/h1-9,21H,10H2. The average Bonchev–Trinajstić information content (AvgIpc) is 3.29. The molecule has 0 aliphatic carbocycles. The van der Waals surface area contributed by atoms with Gasteiger partial charge in [0.25, 0.3) is 5.91 Å². The van der Waals surface area contributed by atoms with E-state index < -0.39 is 11.7 Å². The summed E-state index contributed by atoms with van der Waals surface area (Å²) in [5.74, 6) is 0.121. The molecule has 0 saturated carbocycles. The first-order valence-electron chi connectivity index (χ1n) is 7.45. The number of carbonyl (C=O) groups is 2. The summed E-state index contributed by atoms with van der Waals surface area (Å²) in [4.78, 5) is 25.0.